The number of carbonyl (C=O) groups excluding carboxylic acids is 1. The van der Waals surface area contributed by atoms with Crippen LogP contribution in [0.25, 0.3) is 21.8 Å². The number of aromatic nitrogens is 1. The van der Waals surface area contributed by atoms with Gasteiger partial charge in [-0.2, -0.15) is 0 Å². The van der Waals surface area contributed by atoms with Gasteiger partial charge in [-0.25, -0.2) is 4.98 Å². The summed E-state index contributed by atoms with van der Waals surface area (Å²) in [5.41, 5.74) is 10.4. The third-order valence-corrected chi connectivity index (χ3v) is 4.71. The van der Waals surface area contributed by atoms with E-state index in [0.29, 0.717) is 11.3 Å². The molecule has 6 nitrogen and oxygen atoms in total. The summed E-state index contributed by atoms with van der Waals surface area (Å²) in [4.78, 5) is 16.7. The Bertz CT molecular complexity index is 1150. The maximum atomic E-state index is 12.0. The molecule has 146 valence electrons. The molecular weight excluding hydrogens is 364 g/mol. The molecule has 0 aliphatic heterocycles. The van der Waals surface area contributed by atoms with Gasteiger partial charge in [-0.05, 0) is 42.8 Å². The van der Waals surface area contributed by atoms with E-state index >= 15 is 0 Å². The molecule has 0 spiro atoms. The number of nitrogens with one attached hydrogen (secondary N) is 2. The number of nitrogens with zero attached hydrogens (tertiary/aromatic N) is 1. The smallest absolute Gasteiger partial charge is 0.240 e. The first-order valence-corrected chi connectivity index (χ1v) is 9.41. The predicted molar refractivity (Wildman–Crippen MR) is 117 cm³/mol. The number of aliphatic hydroxyl groups excluding tert-OH is 1. The Morgan fingerprint density at radius 2 is 1.59 bits per heavy atom. The largest absolute Gasteiger partial charge is 0.392 e. The lowest BCUT2D eigenvalue weighted by atomic mass is 10.1. The van der Waals surface area contributed by atoms with Gasteiger partial charge in [0.1, 0.15) is 0 Å². The number of aliphatic hydroxyl groups is 1. The fourth-order valence-corrected chi connectivity index (χ4v) is 3.30. The molecule has 1 atom stereocenters. The van der Waals surface area contributed by atoms with Crippen molar-refractivity contribution in [2.75, 3.05) is 10.6 Å². The van der Waals surface area contributed by atoms with Crippen molar-refractivity contribution in [2.24, 2.45) is 5.73 Å². The molecule has 3 aromatic carbocycles. The molecule has 0 bridgehead atoms. The molecule has 29 heavy (non-hydrogen) atoms. The second-order valence-corrected chi connectivity index (χ2v) is 7.00. The molecule has 0 aliphatic rings. The Morgan fingerprint density at radius 1 is 1.00 bits per heavy atom. The van der Waals surface area contributed by atoms with Crippen LogP contribution in [0.4, 0.5) is 17.1 Å². The highest BCUT2D eigenvalue weighted by Crippen LogP contribution is 2.34. The molecule has 0 saturated heterocycles. The number of hydrogen-bond acceptors (Lipinski definition) is 5. The van der Waals surface area contributed by atoms with Gasteiger partial charge in [0.25, 0.3) is 0 Å². The van der Waals surface area contributed by atoms with E-state index < -0.39 is 6.04 Å². The Balaban J connectivity index is 1.82. The first kappa shape index (κ1) is 18.9. The quantitative estimate of drug-likeness (QED) is 0.390. The van der Waals surface area contributed by atoms with Gasteiger partial charge in [0, 0.05) is 22.1 Å². The third-order valence-electron chi connectivity index (χ3n) is 4.71. The zero-order chi connectivity index (χ0) is 20.4. The minimum Gasteiger partial charge on any atom is -0.392 e. The van der Waals surface area contributed by atoms with Crippen LogP contribution in [-0.2, 0) is 11.4 Å². The van der Waals surface area contributed by atoms with Crippen LogP contribution >= 0.6 is 0 Å². The van der Waals surface area contributed by atoms with E-state index in [9.17, 15) is 9.90 Å². The number of rotatable bonds is 5. The molecule has 0 radical (unpaired) electrons. The van der Waals surface area contributed by atoms with Crippen LogP contribution in [0, 0.1) is 0 Å². The van der Waals surface area contributed by atoms with Crippen molar-refractivity contribution >= 4 is 44.8 Å². The molecular formula is C23H22N4O2. The van der Waals surface area contributed by atoms with Gasteiger partial charge in [0.2, 0.25) is 5.91 Å². The summed E-state index contributed by atoms with van der Waals surface area (Å²) in [5.74, 6) is -0.286. The highest BCUT2D eigenvalue weighted by molar-refractivity contribution is 6.08. The Morgan fingerprint density at radius 3 is 2.17 bits per heavy atom. The second kappa shape index (κ2) is 7.87. The van der Waals surface area contributed by atoms with E-state index in [4.69, 9.17) is 10.7 Å². The molecule has 4 rings (SSSR count). The van der Waals surface area contributed by atoms with Crippen LogP contribution < -0.4 is 16.4 Å². The first-order valence-electron chi connectivity index (χ1n) is 9.41. The predicted octanol–water partition coefficient (Wildman–Crippen LogP) is 3.91. The van der Waals surface area contributed by atoms with Gasteiger partial charge < -0.3 is 21.5 Å². The number of fused-ring (bicyclic) bond motifs is 2. The van der Waals surface area contributed by atoms with Crippen LogP contribution in [0.1, 0.15) is 12.5 Å². The fraction of sp³-hybridized carbons (Fsp3) is 0.130. The lowest BCUT2D eigenvalue weighted by Gasteiger charge is -2.16. The van der Waals surface area contributed by atoms with Gasteiger partial charge in [-0.1, -0.05) is 36.4 Å². The van der Waals surface area contributed by atoms with Gasteiger partial charge >= 0.3 is 0 Å². The van der Waals surface area contributed by atoms with Crippen molar-refractivity contribution < 1.29 is 9.90 Å². The van der Waals surface area contributed by atoms with E-state index in [0.717, 1.165) is 33.2 Å². The van der Waals surface area contributed by atoms with Gasteiger partial charge in [0.15, 0.2) is 0 Å². The highest BCUT2D eigenvalue weighted by Gasteiger charge is 2.12. The minimum atomic E-state index is -0.628. The summed E-state index contributed by atoms with van der Waals surface area (Å²) in [7, 11) is 0. The van der Waals surface area contributed by atoms with E-state index in [2.05, 4.69) is 10.6 Å². The molecule has 5 N–H and O–H groups in total. The number of pyridine rings is 1. The first-order chi connectivity index (χ1) is 14.0. The number of para-hydroxylation sites is 2. The summed E-state index contributed by atoms with van der Waals surface area (Å²) < 4.78 is 0. The summed E-state index contributed by atoms with van der Waals surface area (Å²) in [6.45, 7) is 1.48. The average molecular weight is 386 g/mol. The Kier molecular flexibility index (Phi) is 5.12. The van der Waals surface area contributed by atoms with E-state index in [-0.39, 0.29) is 12.5 Å². The normalized spacial score (nSPS) is 12.1. The van der Waals surface area contributed by atoms with Crippen molar-refractivity contribution in [3.05, 3.63) is 72.3 Å². The van der Waals surface area contributed by atoms with Crippen molar-refractivity contribution in [3.8, 4) is 0 Å². The van der Waals surface area contributed by atoms with Gasteiger partial charge in [0.05, 0.1) is 29.4 Å². The molecule has 6 heteroatoms. The van der Waals surface area contributed by atoms with Crippen molar-refractivity contribution in [3.63, 3.8) is 0 Å². The van der Waals surface area contributed by atoms with Crippen LogP contribution in [0.3, 0.4) is 0 Å². The van der Waals surface area contributed by atoms with E-state index in [1.807, 2.05) is 60.7 Å². The standard InChI is InChI=1S/C23H22N4O2/c1-14(24)23(29)26-17-11-15(13-28)10-16(12-17)25-22-18-6-2-4-8-20(18)27-21-9-5-3-7-19(21)22/h2-12,14,28H,13,24H2,1H3,(H,25,27)(H,26,29). The maximum Gasteiger partial charge on any atom is 0.240 e. The number of carbonyl (C=O) groups is 1. The lowest BCUT2D eigenvalue weighted by molar-refractivity contribution is -0.117. The third kappa shape index (κ3) is 3.89. The molecule has 0 saturated carbocycles. The molecule has 0 fully saturated rings. The van der Waals surface area contributed by atoms with Crippen LogP contribution in [0.5, 0.6) is 0 Å². The zero-order valence-corrected chi connectivity index (χ0v) is 16.0. The van der Waals surface area contributed by atoms with Crippen molar-refractivity contribution in [2.45, 2.75) is 19.6 Å². The van der Waals surface area contributed by atoms with Gasteiger partial charge in [-0.3, -0.25) is 4.79 Å². The summed E-state index contributed by atoms with van der Waals surface area (Å²) in [6.07, 6.45) is 0. The molecule has 1 unspecified atom stereocenters. The van der Waals surface area contributed by atoms with Crippen LogP contribution in [-0.4, -0.2) is 22.0 Å². The van der Waals surface area contributed by atoms with E-state index in [1.54, 1.807) is 13.0 Å². The topological polar surface area (TPSA) is 100 Å². The Hall–Kier alpha value is -3.48. The summed E-state index contributed by atoms with van der Waals surface area (Å²) in [5, 5.41) is 17.9. The molecule has 4 aromatic rings. The number of benzene rings is 3. The summed E-state index contributed by atoms with van der Waals surface area (Å²) in [6, 6.07) is 20.6. The number of nitrogens with two attached hydrogens (primary N) is 1. The van der Waals surface area contributed by atoms with Gasteiger partial charge in [-0.15, -0.1) is 0 Å². The maximum absolute atomic E-state index is 12.0. The molecule has 1 amide bonds. The highest BCUT2D eigenvalue weighted by atomic mass is 16.3. The van der Waals surface area contributed by atoms with Crippen LogP contribution in [0.15, 0.2) is 66.7 Å². The zero-order valence-electron chi connectivity index (χ0n) is 16.0. The van der Waals surface area contributed by atoms with Crippen molar-refractivity contribution in [1.82, 2.24) is 4.98 Å². The fourth-order valence-electron chi connectivity index (χ4n) is 3.30. The number of anilines is 3. The SMILES string of the molecule is CC(N)C(=O)Nc1cc(CO)cc(Nc2c3ccccc3nc3ccccc23)c1. The minimum absolute atomic E-state index is 0.144. The van der Waals surface area contributed by atoms with Crippen molar-refractivity contribution in [1.29, 1.82) is 0 Å². The summed E-state index contributed by atoms with van der Waals surface area (Å²) >= 11 is 0. The lowest BCUT2D eigenvalue weighted by Crippen LogP contribution is -2.32. The second-order valence-electron chi connectivity index (χ2n) is 7.00. The molecule has 1 heterocycles. The average Bonchev–Trinajstić information content (AvgIpc) is 2.73. The Labute approximate surface area is 168 Å². The number of amides is 1. The van der Waals surface area contributed by atoms with Crippen LogP contribution in [0.2, 0.25) is 0 Å². The monoisotopic (exact) mass is 386 g/mol. The van der Waals surface area contributed by atoms with E-state index in [1.165, 1.54) is 0 Å². The molecule has 1 aromatic heterocycles. The number of hydrogen-bond donors (Lipinski definition) is 4. The molecule has 0 aliphatic carbocycles.